The number of nitrogens with one attached hydrogen (secondary N) is 1. The van der Waals surface area contributed by atoms with Gasteiger partial charge in [0.15, 0.2) is 5.78 Å². The highest BCUT2D eigenvalue weighted by molar-refractivity contribution is 6.00. The molecular formula is C20H19F3N2O4. The molecule has 0 saturated carbocycles. The van der Waals surface area contributed by atoms with Gasteiger partial charge < -0.3 is 15.2 Å². The van der Waals surface area contributed by atoms with Crippen LogP contribution in [0.4, 0.5) is 18.0 Å². The van der Waals surface area contributed by atoms with E-state index in [2.05, 4.69) is 5.32 Å². The van der Waals surface area contributed by atoms with Crippen LogP contribution in [0.15, 0.2) is 54.6 Å². The molecule has 6 nitrogen and oxygen atoms in total. The maximum atomic E-state index is 14.0. The van der Waals surface area contributed by atoms with Crippen LogP contribution in [0.3, 0.4) is 0 Å². The van der Waals surface area contributed by atoms with E-state index in [4.69, 9.17) is 4.74 Å². The normalized spacial score (nSPS) is 24.8. The zero-order valence-electron chi connectivity index (χ0n) is 15.6. The second-order valence-electron chi connectivity index (χ2n) is 6.69. The van der Waals surface area contributed by atoms with Crippen molar-refractivity contribution >= 4 is 11.8 Å². The first-order valence-corrected chi connectivity index (χ1v) is 8.68. The number of hydrogen-bond acceptors (Lipinski definition) is 4. The molecule has 0 aromatic heterocycles. The van der Waals surface area contributed by atoms with Gasteiger partial charge >= 0.3 is 12.2 Å². The summed E-state index contributed by atoms with van der Waals surface area (Å²) in [5, 5.41) is 13.2. The van der Waals surface area contributed by atoms with Crippen LogP contribution in [0.25, 0.3) is 0 Å². The van der Waals surface area contributed by atoms with E-state index in [1.807, 2.05) is 0 Å². The fraction of sp³-hybridized carbons (Fsp3) is 0.300. The molecule has 1 fully saturated rings. The molecule has 0 bridgehead atoms. The van der Waals surface area contributed by atoms with Gasteiger partial charge in [0.05, 0.1) is 13.2 Å². The lowest BCUT2D eigenvalue weighted by Gasteiger charge is -2.49. The predicted molar refractivity (Wildman–Crippen MR) is 97.3 cm³/mol. The van der Waals surface area contributed by atoms with Crippen molar-refractivity contribution in [1.82, 2.24) is 10.2 Å². The highest BCUT2D eigenvalue weighted by Crippen LogP contribution is 2.47. The number of aliphatic hydroxyl groups is 1. The van der Waals surface area contributed by atoms with Crippen LogP contribution in [0, 0.1) is 5.92 Å². The Kier molecular flexibility index (Phi) is 5.27. The summed E-state index contributed by atoms with van der Waals surface area (Å²) in [6, 6.07) is 10.7. The molecular weight excluding hydrogens is 389 g/mol. The number of rotatable bonds is 4. The van der Waals surface area contributed by atoms with Gasteiger partial charge in [-0.3, -0.25) is 9.69 Å². The van der Waals surface area contributed by atoms with E-state index in [0.29, 0.717) is 5.75 Å². The number of ether oxygens (including phenoxy) is 1. The van der Waals surface area contributed by atoms with Gasteiger partial charge in [-0.2, -0.15) is 13.2 Å². The van der Waals surface area contributed by atoms with Gasteiger partial charge in [0.25, 0.3) is 5.72 Å². The van der Waals surface area contributed by atoms with Gasteiger partial charge in [-0.05, 0) is 17.7 Å². The quantitative estimate of drug-likeness (QED) is 0.762. The summed E-state index contributed by atoms with van der Waals surface area (Å²) in [7, 11) is 2.23. The lowest BCUT2D eigenvalue weighted by atomic mass is 9.76. The monoisotopic (exact) mass is 408 g/mol. The zero-order valence-corrected chi connectivity index (χ0v) is 15.6. The Morgan fingerprint density at radius 3 is 2.24 bits per heavy atom. The summed E-state index contributed by atoms with van der Waals surface area (Å²) in [5.41, 5.74) is -3.49. The van der Waals surface area contributed by atoms with Crippen molar-refractivity contribution in [3.05, 3.63) is 65.7 Å². The van der Waals surface area contributed by atoms with E-state index in [1.165, 1.54) is 55.6 Å². The molecule has 29 heavy (non-hydrogen) atoms. The number of carbonyl (C=O) groups excluding carboxylic acids is 2. The summed E-state index contributed by atoms with van der Waals surface area (Å²) in [5.74, 6) is -2.54. The summed E-state index contributed by atoms with van der Waals surface area (Å²) in [6.07, 6.45) is -5.28. The zero-order chi connectivity index (χ0) is 21.4. The number of amides is 2. The lowest BCUT2D eigenvalue weighted by molar-refractivity contribution is -0.322. The average Bonchev–Trinajstić information content (AvgIpc) is 2.71. The van der Waals surface area contributed by atoms with Crippen molar-refractivity contribution in [2.75, 3.05) is 14.2 Å². The molecule has 0 aliphatic carbocycles. The maximum Gasteiger partial charge on any atom is 0.437 e. The maximum absolute atomic E-state index is 14.0. The minimum Gasteiger partial charge on any atom is -0.497 e. The number of Topliss-reactive ketones (excluding diaryl/α,β-unsaturated/α-hetero) is 1. The molecule has 3 atom stereocenters. The largest absolute Gasteiger partial charge is 0.497 e. The van der Waals surface area contributed by atoms with Gasteiger partial charge in [-0.1, -0.05) is 42.5 Å². The first-order valence-electron chi connectivity index (χ1n) is 8.68. The van der Waals surface area contributed by atoms with Crippen LogP contribution in [-0.4, -0.2) is 47.9 Å². The van der Waals surface area contributed by atoms with Crippen LogP contribution in [-0.2, 0) is 0 Å². The SMILES string of the molecule is COc1ccc([C@@H]2NC(=O)N(C)[C@](O)(C(F)(F)F)[C@H]2C(=O)c2ccccc2)cc1. The molecule has 1 aliphatic heterocycles. The second kappa shape index (κ2) is 7.40. The van der Waals surface area contributed by atoms with Crippen LogP contribution in [0.5, 0.6) is 5.75 Å². The average molecular weight is 408 g/mol. The molecule has 2 aromatic rings. The Labute approximate surface area is 164 Å². The molecule has 0 spiro atoms. The number of halogens is 3. The Bertz CT molecular complexity index is 902. The summed E-state index contributed by atoms with van der Waals surface area (Å²) in [6.45, 7) is 0. The highest BCUT2D eigenvalue weighted by atomic mass is 19.4. The van der Waals surface area contributed by atoms with E-state index in [1.54, 1.807) is 6.07 Å². The first-order chi connectivity index (χ1) is 13.6. The highest BCUT2D eigenvalue weighted by Gasteiger charge is 2.69. The van der Waals surface area contributed by atoms with Gasteiger partial charge in [0.1, 0.15) is 11.7 Å². The number of methoxy groups -OCH3 is 1. The van der Waals surface area contributed by atoms with Crippen LogP contribution < -0.4 is 10.1 Å². The topological polar surface area (TPSA) is 78.9 Å². The number of hydrogen-bond donors (Lipinski definition) is 2. The van der Waals surface area contributed by atoms with E-state index in [-0.39, 0.29) is 16.0 Å². The molecule has 2 N–H and O–H groups in total. The van der Waals surface area contributed by atoms with E-state index in [9.17, 15) is 27.9 Å². The third kappa shape index (κ3) is 3.42. The van der Waals surface area contributed by atoms with Gasteiger partial charge in [0, 0.05) is 12.6 Å². The second-order valence-corrected chi connectivity index (χ2v) is 6.69. The molecule has 3 rings (SSSR count). The van der Waals surface area contributed by atoms with E-state index >= 15 is 0 Å². The van der Waals surface area contributed by atoms with Crippen LogP contribution in [0.2, 0.25) is 0 Å². The Morgan fingerprint density at radius 1 is 1.14 bits per heavy atom. The first kappa shape index (κ1) is 20.7. The van der Waals surface area contributed by atoms with Crippen LogP contribution in [0.1, 0.15) is 22.0 Å². The minimum absolute atomic E-state index is 0.0109. The van der Waals surface area contributed by atoms with Crippen molar-refractivity contribution < 1.29 is 32.6 Å². The molecule has 0 radical (unpaired) electrons. The van der Waals surface area contributed by atoms with Crippen molar-refractivity contribution in [3.8, 4) is 5.75 Å². The van der Waals surface area contributed by atoms with Crippen LogP contribution >= 0.6 is 0 Å². The molecule has 1 saturated heterocycles. The Balaban J connectivity index is 2.18. The van der Waals surface area contributed by atoms with Gasteiger partial charge in [-0.15, -0.1) is 0 Å². The number of carbonyl (C=O) groups is 2. The standard InChI is InChI=1S/C20H19F3N2O4/c1-25-18(27)24-16(12-8-10-14(29-2)11-9-12)15(19(25,28)20(21,22)23)17(26)13-6-4-3-5-7-13/h3-11,15-16,28H,1-2H3,(H,24,27)/t15-,16+,19-/m1/s1. The van der Waals surface area contributed by atoms with Gasteiger partial charge in [-0.25, -0.2) is 4.79 Å². The van der Waals surface area contributed by atoms with Crippen molar-refractivity contribution in [3.63, 3.8) is 0 Å². The number of benzene rings is 2. The molecule has 2 amide bonds. The smallest absolute Gasteiger partial charge is 0.437 e. The minimum atomic E-state index is -5.28. The fourth-order valence-corrected chi connectivity index (χ4v) is 3.48. The van der Waals surface area contributed by atoms with Crippen molar-refractivity contribution in [1.29, 1.82) is 0 Å². The number of nitrogens with zero attached hydrogens (tertiary/aromatic N) is 1. The molecule has 1 heterocycles. The summed E-state index contributed by atoms with van der Waals surface area (Å²) >= 11 is 0. The lowest BCUT2D eigenvalue weighted by Crippen LogP contribution is -2.72. The van der Waals surface area contributed by atoms with Crippen molar-refractivity contribution in [2.24, 2.45) is 5.92 Å². The molecule has 154 valence electrons. The fourth-order valence-electron chi connectivity index (χ4n) is 3.48. The summed E-state index contributed by atoms with van der Waals surface area (Å²) in [4.78, 5) is 25.6. The number of ketones is 1. The molecule has 2 aromatic carbocycles. The Morgan fingerprint density at radius 2 is 1.72 bits per heavy atom. The van der Waals surface area contributed by atoms with Crippen molar-refractivity contribution in [2.45, 2.75) is 17.9 Å². The Hall–Kier alpha value is -3.07. The van der Waals surface area contributed by atoms with E-state index < -0.39 is 35.7 Å². The molecule has 0 unspecified atom stereocenters. The van der Waals surface area contributed by atoms with E-state index in [0.717, 1.165) is 7.05 Å². The number of alkyl halides is 3. The summed E-state index contributed by atoms with van der Waals surface area (Å²) < 4.78 is 47.2. The number of urea groups is 1. The third-order valence-electron chi connectivity index (χ3n) is 5.09. The molecule has 1 aliphatic rings. The molecule has 9 heteroatoms. The predicted octanol–water partition coefficient (Wildman–Crippen LogP) is 3.14. The van der Waals surface area contributed by atoms with Gasteiger partial charge in [0.2, 0.25) is 0 Å². The third-order valence-corrected chi connectivity index (χ3v) is 5.09.